The second-order valence-corrected chi connectivity index (χ2v) is 5.66. The molecule has 0 fully saturated rings. The first-order valence-electron chi connectivity index (χ1n) is 6.06. The number of aryl methyl sites for hydroxylation is 2. The van der Waals surface area contributed by atoms with Crippen LogP contribution < -0.4 is 16.6 Å². The van der Waals surface area contributed by atoms with Gasteiger partial charge in [-0.3, -0.25) is 5.84 Å². The summed E-state index contributed by atoms with van der Waals surface area (Å²) in [4.78, 5) is 0. The van der Waals surface area contributed by atoms with Gasteiger partial charge in [0.05, 0.1) is 6.17 Å². The van der Waals surface area contributed by atoms with Crippen LogP contribution in [0.5, 0.6) is 0 Å². The number of nitrogens with two attached hydrogens (primary N) is 1. The van der Waals surface area contributed by atoms with Crippen molar-refractivity contribution in [2.24, 2.45) is 5.84 Å². The lowest BCUT2D eigenvalue weighted by molar-refractivity contribution is 0.483. The van der Waals surface area contributed by atoms with Gasteiger partial charge in [0.2, 0.25) is 0 Å². The molecule has 1 rings (SSSR count). The number of rotatable bonds is 3. The minimum absolute atomic E-state index is 0.00372. The zero-order chi connectivity index (χ0) is 13.2. The van der Waals surface area contributed by atoms with E-state index in [4.69, 9.17) is 5.84 Å². The summed E-state index contributed by atoms with van der Waals surface area (Å²) in [6, 6.07) is 4.51. The SMILES string of the molecule is CNC(NN)c1c(C)cc(C(C)(C)C)cc1C. The van der Waals surface area contributed by atoms with E-state index in [9.17, 15) is 0 Å². The van der Waals surface area contributed by atoms with Crippen molar-refractivity contribution in [3.05, 3.63) is 34.4 Å². The third-order valence-electron chi connectivity index (χ3n) is 3.20. The van der Waals surface area contributed by atoms with E-state index in [1.165, 1.54) is 22.3 Å². The summed E-state index contributed by atoms with van der Waals surface area (Å²) in [5, 5.41) is 3.17. The first kappa shape index (κ1) is 14.2. The highest BCUT2D eigenvalue weighted by molar-refractivity contribution is 5.42. The lowest BCUT2D eigenvalue weighted by Crippen LogP contribution is -2.37. The summed E-state index contributed by atoms with van der Waals surface area (Å²) in [5.74, 6) is 5.56. The first-order chi connectivity index (χ1) is 7.81. The molecule has 4 N–H and O–H groups in total. The maximum absolute atomic E-state index is 5.56. The number of hydrogen-bond acceptors (Lipinski definition) is 3. The van der Waals surface area contributed by atoms with Gasteiger partial charge in [-0.2, -0.15) is 0 Å². The third kappa shape index (κ3) is 3.06. The zero-order valence-corrected chi connectivity index (χ0v) is 11.8. The Hall–Kier alpha value is -0.900. The van der Waals surface area contributed by atoms with Gasteiger partial charge in [0.15, 0.2) is 0 Å². The normalized spacial score (nSPS) is 13.8. The highest BCUT2D eigenvalue weighted by Crippen LogP contribution is 2.28. The largest absolute Gasteiger partial charge is 0.300 e. The monoisotopic (exact) mass is 235 g/mol. The van der Waals surface area contributed by atoms with Gasteiger partial charge in [-0.15, -0.1) is 0 Å². The molecule has 0 spiro atoms. The summed E-state index contributed by atoms with van der Waals surface area (Å²) in [6.07, 6.45) is 0.00372. The molecule has 0 bridgehead atoms. The molecule has 0 heterocycles. The fraction of sp³-hybridized carbons (Fsp3) is 0.571. The molecule has 1 aromatic rings. The topological polar surface area (TPSA) is 50.1 Å². The van der Waals surface area contributed by atoms with Crippen LogP contribution in [0.25, 0.3) is 0 Å². The summed E-state index contributed by atoms with van der Waals surface area (Å²) in [5.41, 5.74) is 8.12. The molecule has 1 unspecified atom stereocenters. The lowest BCUT2D eigenvalue weighted by Gasteiger charge is -2.25. The standard InChI is InChI=1S/C14H25N3/c1-9-7-11(14(3,4)5)8-10(2)12(9)13(16-6)17-15/h7-8,13,16-17H,15H2,1-6H3. The van der Waals surface area contributed by atoms with Crippen molar-refractivity contribution >= 4 is 0 Å². The van der Waals surface area contributed by atoms with E-state index in [2.05, 4.69) is 57.5 Å². The molecule has 1 atom stereocenters. The molecule has 0 aliphatic carbocycles. The minimum Gasteiger partial charge on any atom is -0.300 e. The lowest BCUT2D eigenvalue weighted by atomic mass is 9.83. The highest BCUT2D eigenvalue weighted by atomic mass is 15.3. The summed E-state index contributed by atoms with van der Waals surface area (Å²) >= 11 is 0. The van der Waals surface area contributed by atoms with E-state index in [-0.39, 0.29) is 11.6 Å². The Labute approximate surface area is 105 Å². The fourth-order valence-corrected chi connectivity index (χ4v) is 2.17. The van der Waals surface area contributed by atoms with Crippen molar-refractivity contribution in [3.63, 3.8) is 0 Å². The van der Waals surface area contributed by atoms with Gasteiger partial charge in [-0.25, -0.2) is 5.43 Å². The average molecular weight is 235 g/mol. The molecule has 1 aromatic carbocycles. The maximum atomic E-state index is 5.56. The smallest absolute Gasteiger partial charge is 0.0963 e. The van der Waals surface area contributed by atoms with E-state index >= 15 is 0 Å². The number of benzene rings is 1. The number of hydrogen-bond donors (Lipinski definition) is 3. The fourth-order valence-electron chi connectivity index (χ4n) is 2.17. The van der Waals surface area contributed by atoms with Crippen LogP contribution in [0.15, 0.2) is 12.1 Å². The van der Waals surface area contributed by atoms with Crippen LogP contribution in [0.2, 0.25) is 0 Å². The second kappa shape index (κ2) is 5.17. The Kier molecular flexibility index (Phi) is 4.31. The molecule has 0 aliphatic heterocycles. The van der Waals surface area contributed by atoms with E-state index in [1.54, 1.807) is 0 Å². The molecule has 3 nitrogen and oxygen atoms in total. The van der Waals surface area contributed by atoms with Crippen molar-refractivity contribution in [2.75, 3.05) is 7.05 Å². The van der Waals surface area contributed by atoms with Crippen molar-refractivity contribution in [3.8, 4) is 0 Å². The van der Waals surface area contributed by atoms with Gasteiger partial charge in [-0.05, 0) is 48.6 Å². The van der Waals surface area contributed by atoms with Crippen LogP contribution in [0.4, 0.5) is 0 Å². The molecular weight excluding hydrogens is 210 g/mol. The molecule has 0 aromatic heterocycles. The van der Waals surface area contributed by atoms with Crippen LogP contribution in [-0.2, 0) is 5.41 Å². The Morgan fingerprint density at radius 2 is 1.59 bits per heavy atom. The predicted octanol–water partition coefficient (Wildman–Crippen LogP) is 2.28. The van der Waals surface area contributed by atoms with Crippen molar-refractivity contribution in [1.82, 2.24) is 10.7 Å². The quantitative estimate of drug-likeness (QED) is 0.428. The molecular formula is C14H25N3. The van der Waals surface area contributed by atoms with Gasteiger partial charge in [0.1, 0.15) is 0 Å². The molecule has 0 amide bonds. The number of hydrazine groups is 1. The zero-order valence-electron chi connectivity index (χ0n) is 11.8. The molecule has 0 radical (unpaired) electrons. The van der Waals surface area contributed by atoms with Crippen molar-refractivity contribution in [1.29, 1.82) is 0 Å². The van der Waals surface area contributed by atoms with Crippen LogP contribution in [0.1, 0.15) is 49.2 Å². The Balaban J connectivity index is 3.28. The Morgan fingerprint density at radius 3 is 1.88 bits per heavy atom. The summed E-state index contributed by atoms with van der Waals surface area (Å²) in [7, 11) is 1.90. The molecule has 3 heteroatoms. The molecule has 0 saturated carbocycles. The first-order valence-corrected chi connectivity index (χ1v) is 6.06. The van der Waals surface area contributed by atoms with Crippen LogP contribution in [-0.4, -0.2) is 7.05 Å². The van der Waals surface area contributed by atoms with Crippen molar-refractivity contribution in [2.45, 2.75) is 46.2 Å². The highest BCUT2D eigenvalue weighted by Gasteiger charge is 2.19. The van der Waals surface area contributed by atoms with Gasteiger partial charge in [-0.1, -0.05) is 32.9 Å². The number of nitrogens with one attached hydrogen (secondary N) is 2. The van der Waals surface area contributed by atoms with Gasteiger partial charge < -0.3 is 5.32 Å². The maximum Gasteiger partial charge on any atom is 0.0963 e. The molecule has 0 aliphatic rings. The van der Waals surface area contributed by atoms with E-state index in [0.29, 0.717) is 0 Å². The minimum atomic E-state index is 0.00372. The van der Waals surface area contributed by atoms with Gasteiger partial charge in [0, 0.05) is 0 Å². The summed E-state index contributed by atoms with van der Waals surface area (Å²) < 4.78 is 0. The average Bonchev–Trinajstić information content (AvgIpc) is 2.21. The predicted molar refractivity (Wildman–Crippen MR) is 73.7 cm³/mol. The Morgan fingerprint density at radius 1 is 1.12 bits per heavy atom. The molecule has 17 heavy (non-hydrogen) atoms. The van der Waals surface area contributed by atoms with Crippen LogP contribution in [0, 0.1) is 13.8 Å². The van der Waals surface area contributed by atoms with Crippen LogP contribution >= 0.6 is 0 Å². The van der Waals surface area contributed by atoms with E-state index < -0.39 is 0 Å². The third-order valence-corrected chi connectivity index (χ3v) is 3.20. The molecule has 96 valence electrons. The van der Waals surface area contributed by atoms with Crippen molar-refractivity contribution < 1.29 is 0 Å². The Bertz CT molecular complexity index is 364. The van der Waals surface area contributed by atoms with Gasteiger partial charge in [0.25, 0.3) is 0 Å². The van der Waals surface area contributed by atoms with Crippen LogP contribution in [0.3, 0.4) is 0 Å². The van der Waals surface area contributed by atoms with E-state index in [0.717, 1.165) is 0 Å². The molecule has 0 saturated heterocycles. The van der Waals surface area contributed by atoms with E-state index in [1.807, 2.05) is 7.05 Å². The second-order valence-electron chi connectivity index (χ2n) is 5.66. The summed E-state index contributed by atoms with van der Waals surface area (Å²) in [6.45, 7) is 11.0. The van der Waals surface area contributed by atoms with Gasteiger partial charge >= 0.3 is 0 Å².